The maximum atomic E-state index is 13.9. The summed E-state index contributed by atoms with van der Waals surface area (Å²) in [5, 5.41) is 0. The van der Waals surface area contributed by atoms with E-state index in [1.165, 1.54) is 0 Å². The molecular formula is C23H32N4O3. The van der Waals surface area contributed by atoms with Gasteiger partial charge in [0, 0.05) is 57.3 Å². The van der Waals surface area contributed by atoms with E-state index in [2.05, 4.69) is 11.9 Å². The van der Waals surface area contributed by atoms with E-state index in [1.54, 1.807) is 4.90 Å². The largest absolute Gasteiger partial charge is 0.340 e. The molecule has 3 heterocycles. The number of piperazine rings is 1. The van der Waals surface area contributed by atoms with E-state index in [4.69, 9.17) is 0 Å². The topological polar surface area (TPSA) is 64.2 Å². The van der Waals surface area contributed by atoms with Crippen molar-refractivity contribution in [1.82, 2.24) is 19.6 Å². The maximum absolute atomic E-state index is 13.9. The highest BCUT2D eigenvalue weighted by Crippen LogP contribution is 2.48. The van der Waals surface area contributed by atoms with Gasteiger partial charge in [-0.3, -0.25) is 14.4 Å². The predicted octanol–water partition coefficient (Wildman–Crippen LogP) is 1.40. The zero-order valence-electron chi connectivity index (χ0n) is 18.4. The Morgan fingerprint density at radius 1 is 1.07 bits per heavy atom. The minimum absolute atomic E-state index is 0.0355. The van der Waals surface area contributed by atoms with Crippen LogP contribution in [-0.2, 0) is 9.59 Å². The predicted molar refractivity (Wildman–Crippen MR) is 114 cm³/mol. The molecule has 7 nitrogen and oxygen atoms in total. The fraction of sp³-hybridized carbons (Fsp3) is 0.609. The molecule has 1 unspecified atom stereocenters. The van der Waals surface area contributed by atoms with Crippen LogP contribution in [0.2, 0.25) is 0 Å². The van der Waals surface area contributed by atoms with E-state index >= 15 is 0 Å². The summed E-state index contributed by atoms with van der Waals surface area (Å²) in [5.41, 5.74) is 0.752. The van der Waals surface area contributed by atoms with Crippen LogP contribution in [0, 0.1) is 0 Å². The summed E-state index contributed by atoms with van der Waals surface area (Å²) in [7, 11) is 2.07. The third-order valence-electron chi connectivity index (χ3n) is 6.90. The first-order valence-electron chi connectivity index (χ1n) is 11.0. The molecule has 30 heavy (non-hydrogen) atoms. The lowest BCUT2D eigenvalue weighted by Gasteiger charge is -2.62. The number of likely N-dealkylation sites (N-methyl/N-ethyl adjacent to an activating group) is 1. The Balaban J connectivity index is 1.78. The number of amides is 3. The second-order valence-corrected chi connectivity index (χ2v) is 9.12. The molecule has 1 aromatic rings. The molecule has 0 radical (unpaired) electrons. The van der Waals surface area contributed by atoms with Gasteiger partial charge in [-0.1, -0.05) is 25.1 Å². The van der Waals surface area contributed by atoms with Crippen molar-refractivity contribution in [2.24, 2.45) is 0 Å². The second-order valence-electron chi connectivity index (χ2n) is 9.12. The van der Waals surface area contributed by atoms with Gasteiger partial charge in [0.15, 0.2) is 0 Å². The summed E-state index contributed by atoms with van der Waals surface area (Å²) in [6, 6.07) is 7.46. The number of likely N-dealkylation sites (tertiary alicyclic amines) is 1. The molecule has 0 aromatic heterocycles. The minimum atomic E-state index is -0.676. The van der Waals surface area contributed by atoms with Crippen LogP contribution in [0.4, 0.5) is 0 Å². The van der Waals surface area contributed by atoms with Crippen molar-refractivity contribution in [2.45, 2.75) is 44.7 Å². The van der Waals surface area contributed by atoms with Crippen LogP contribution in [0.5, 0.6) is 0 Å². The molecule has 1 spiro atoms. The molecule has 2 saturated heterocycles. The van der Waals surface area contributed by atoms with Gasteiger partial charge in [-0.05, 0) is 32.5 Å². The van der Waals surface area contributed by atoms with Gasteiger partial charge in [0.2, 0.25) is 11.8 Å². The number of hydrogen-bond acceptors (Lipinski definition) is 4. The van der Waals surface area contributed by atoms with Crippen molar-refractivity contribution in [1.29, 1.82) is 0 Å². The molecule has 0 bridgehead atoms. The lowest BCUT2D eigenvalue weighted by Crippen LogP contribution is -2.78. The molecule has 0 aliphatic carbocycles. The molecule has 3 aliphatic rings. The Bertz CT molecular complexity index is 854. The molecule has 3 aliphatic heterocycles. The second kappa shape index (κ2) is 7.69. The van der Waals surface area contributed by atoms with Gasteiger partial charge in [0.1, 0.15) is 0 Å². The number of carbonyl (C=O) groups excluding carboxylic acids is 3. The van der Waals surface area contributed by atoms with Crippen molar-refractivity contribution >= 4 is 17.7 Å². The average molecular weight is 413 g/mol. The number of rotatable bonds is 3. The van der Waals surface area contributed by atoms with E-state index in [-0.39, 0.29) is 23.8 Å². The smallest absolute Gasteiger partial charge is 0.255 e. The Labute approximate surface area is 178 Å². The summed E-state index contributed by atoms with van der Waals surface area (Å²) in [6.45, 7) is 9.76. The third kappa shape index (κ3) is 3.11. The Kier molecular flexibility index (Phi) is 5.34. The molecule has 2 fully saturated rings. The molecule has 3 amide bonds. The number of benzene rings is 1. The van der Waals surface area contributed by atoms with E-state index in [0.29, 0.717) is 38.2 Å². The first-order valence-corrected chi connectivity index (χ1v) is 11.0. The van der Waals surface area contributed by atoms with Crippen LogP contribution in [0.15, 0.2) is 24.3 Å². The number of hydrogen-bond donors (Lipinski definition) is 0. The van der Waals surface area contributed by atoms with Crippen molar-refractivity contribution < 1.29 is 14.4 Å². The number of carbonyl (C=O) groups is 3. The van der Waals surface area contributed by atoms with Crippen LogP contribution < -0.4 is 0 Å². The van der Waals surface area contributed by atoms with Crippen LogP contribution in [0.25, 0.3) is 0 Å². The van der Waals surface area contributed by atoms with Crippen molar-refractivity contribution in [3.63, 3.8) is 0 Å². The fourth-order valence-corrected chi connectivity index (χ4v) is 5.37. The summed E-state index contributed by atoms with van der Waals surface area (Å²) in [4.78, 5) is 47.6. The molecule has 1 aromatic carbocycles. The van der Waals surface area contributed by atoms with Gasteiger partial charge in [-0.2, -0.15) is 0 Å². The normalized spacial score (nSPS) is 23.6. The first kappa shape index (κ1) is 20.8. The quantitative estimate of drug-likeness (QED) is 0.753. The van der Waals surface area contributed by atoms with Crippen molar-refractivity contribution in [3.05, 3.63) is 35.4 Å². The Morgan fingerprint density at radius 3 is 2.30 bits per heavy atom. The highest BCUT2D eigenvalue weighted by molar-refractivity contribution is 6.02. The highest BCUT2D eigenvalue weighted by atomic mass is 16.2. The summed E-state index contributed by atoms with van der Waals surface area (Å²) in [5.74, 6) is -0.330. The van der Waals surface area contributed by atoms with Crippen LogP contribution in [-0.4, -0.2) is 95.2 Å². The van der Waals surface area contributed by atoms with Gasteiger partial charge < -0.3 is 19.6 Å². The molecule has 1 atom stereocenters. The molecule has 4 rings (SSSR count). The van der Waals surface area contributed by atoms with Gasteiger partial charge in [-0.25, -0.2) is 0 Å². The minimum Gasteiger partial charge on any atom is -0.340 e. The van der Waals surface area contributed by atoms with Crippen LogP contribution >= 0.6 is 0 Å². The van der Waals surface area contributed by atoms with E-state index in [9.17, 15) is 14.4 Å². The zero-order valence-corrected chi connectivity index (χ0v) is 18.4. The van der Waals surface area contributed by atoms with Gasteiger partial charge >= 0.3 is 0 Å². The molecule has 0 saturated carbocycles. The summed E-state index contributed by atoms with van der Waals surface area (Å²) >= 11 is 0. The monoisotopic (exact) mass is 412 g/mol. The highest BCUT2D eigenvalue weighted by Gasteiger charge is 2.62. The Morgan fingerprint density at radius 2 is 1.70 bits per heavy atom. The number of fused-ring (bicyclic) bond motifs is 1. The lowest BCUT2D eigenvalue weighted by molar-refractivity contribution is -0.157. The standard InChI is InChI=1S/C23H32N4O3/c1-5-19(28)26-14-23(15-26)20(22(30)25-12-10-24(4)11-13-25)17-8-6-7-9-18(17)21(29)27(23)16(2)3/h6-9,16,20H,5,10-15H2,1-4H3. The summed E-state index contributed by atoms with van der Waals surface area (Å²) in [6.07, 6.45) is 0.430. The van der Waals surface area contributed by atoms with Crippen LogP contribution in [0.3, 0.4) is 0 Å². The lowest BCUT2D eigenvalue weighted by atomic mass is 9.67. The van der Waals surface area contributed by atoms with Gasteiger partial charge in [0.25, 0.3) is 5.91 Å². The average Bonchev–Trinajstić information content (AvgIpc) is 2.71. The molecule has 162 valence electrons. The van der Waals surface area contributed by atoms with Crippen molar-refractivity contribution in [3.8, 4) is 0 Å². The van der Waals surface area contributed by atoms with E-state index in [1.807, 2.05) is 54.8 Å². The van der Waals surface area contributed by atoms with E-state index < -0.39 is 11.5 Å². The van der Waals surface area contributed by atoms with Gasteiger partial charge in [0.05, 0.1) is 11.5 Å². The third-order valence-corrected chi connectivity index (χ3v) is 6.90. The van der Waals surface area contributed by atoms with Crippen molar-refractivity contribution in [2.75, 3.05) is 46.3 Å². The SMILES string of the molecule is CCC(=O)N1CC2(C1)C(C(=O)N1CCN(C)CC1)c1ccccc1C(=O)N2C(C)C. The van der Waals surface area contributed by atoms with Crippen LogP contribution in [0.1, 0.15) is 49.0 Å². The van der Waals surface area contributed by atoms with E-state index in [0.717, 1.165) is 18.7 Å². The molecular weight excluding hydrogens is 380 g/mol. The fourth-order valence-electron chi connectivity index (χ4n) is 5.37. The zero-order chi connectivity index (χ0) is 21.6. The number of nitrogens with zero attached hydrogens (tertiary/aromatic N) is 4. The summed E-state index contributed by atoms with van der Waals surface area (Å²) < 4.78 is 0. The maximum Gasteiger partial charge on any atom is 0.255 e. The van der Waals surface area contributed by atoms with Gasteiger partial charge in [-0.15, -0.1) is 0 Å². The molecule has 7 heteroatoms. The molecule has 0 N–H and O–H groups in total. The Hall–Kier alpha value is -2.41. The first-order chi connectivity index (χ1) is 14.3.